The van der Waals surface area contributed by atoms with Gasteiger partial charge in [0.2, 0.25) is 5.88 Å². The molecule has 0 saturated carbocycles. The summed E-state index contributed by atoms with van der Waals surface area (Å²) >= 11 is 0. The number of methoxy groups -OCH3 is 1. The monoisotopic (exact) mass is 235 g/mol. The zero-order chi connectivity index (χ0) is 12.1. The van der Waals surface area contributed by atoms with E-state index in [4.69, 9.17) is 4.74 Å². The minimum absolute atomic E-state index is 0.0207. The number of hydrogen-bond donors (Lipinski definition) is 1. The Kier molecular flexibility index (Phi) is 3.93. The van der Waals surface area contributed by atoms with Gasteiger partial charge in [0.05, 0.1) is 7.11 Å². The van der Waals surface area contributed by atoms with Crippen molar-refractivity contribution in [1.29, 1.82) is 0 Å². The van der Waals surface area contributed by atoms with Crippen molar-refractivity contribution >= 4 is 5.91 Å². The maximum absolute atomic E-state index is 12.2. The number of nitrogens with one attached hydrogen (secondary N) is 1. The van der Waals surface area contributed by atoms with Crippen LogP contribution in [0.15, 0.2) is 18.2 Å². The Hall–Kier alpha value is -1.62. The van der Waals surface area contributed by atoms with Crippen molar-refractivity contribution in [2.24, 2.45) is 0 Å². The fourth-order valence-corrected chi connectivity index (χ4v) is 1.86. The van der Waals surface area contributed by atoms with Gasteiger partial charge in [-0.2, -0.15) is 0 Å². The third kappa shape index (κ3) is 2.94. The SMILES string of the molecule is COc1cccc(C(=O)N2CCCNCC2)n1. The molecule has 0 atom stereocenters. The highest BCUT2D eigenvalue weighted by atomic mass is 16.5. The van der Waals surface area contributed by atoms with E-state index in [1.54, 1.807) is 25.3 Å². The summed E-state index contributed by atoms with van der Waals surface area (Å²) in [7, 11) is 1.55. The highest BCUT2D eigenvalue weighted by Crippen LogP contribution is 2.09. The van der Waals surface area contributed by atoms with Gasteiger partial charge in [-0.05, 0) is 19.0 Å². The van der Waals surface area contributed by atoms with Crippen LogP contribution in [0.2, 0.25) is 0 Å². The summed E-state index contributed by atoms with van der Waals surface area (Å²) < 4.78 is 5.02. The fraction of sp³-hybridized carbons (Fsp3) is 0.500. The molecule has 1 aromatic heterocycles. The van der Waals surface area contributed by atoms with Crippen LogP contribution < -0.4 is 10.1 Å². The lowest BCUT2D eigenvalue weighted by Gasteiger charge is -2.19. The Morgan fingerprint density at radius 3 is 3.12 bits per heavy atom. The van der Waals surface area contributed by atoms with E-state index >= 15 is 0 Å². The summed E-state index contributed by atoms with van der Waals surface area (Å²) in [5.41, 5.74) is 0.450. The third-order valence-corrected chi connectivity index (χ3v) is 2.78. The van der Waals surface area contributed by atoms with Crippen LogP contribution in [0, 0.1) is 0 Å². The lowest BCUT2D eigenvalue weighted by atomic mass is 10.3. The standard InChI is InChI=1S/C12H17N3O2/c1-17-11-5-2-4-10(14-11)12(16)15-8-3-6-13-7-9-15/h2,4-5,13H,3,6-9H2,1H3. The smallest absolute Gasteiger partial charge is 0.272 e. The van der Waals surface area contributed by atoms with Crippen LogP contribution in [-0.4, -0.2) is 49.1 Å². The van der Waals surface area contributed by atoms with Crippen molar-refractivity contribution in [3.8, 4) is 5.88 Å². The first-order chi connectivity index (χ1) is 8.31. The number of rotatable bonds is 2. The fourth-order valence-electron chi connectivity index (χ4n) is 1.86. The molecule has 1 aromatic rings. The number of ether oxygens (including phenoxy) is 1. The predicted octanol–water partition coefficient (Wildman–Crippen LogP) is 0.526. The molecule has 1 N–H and O–H groups in total. The van der Waals surface area contributed by atoms with E-state index < -0.39 is 0 Å². The van der Waals surface area contributed by atoms with Crippen molar-refractivity contribution in [2.75, 3.05) is 33.3 Å². The quantitative estimate of drug-likeness (QED) is 0.812. The number of aromatic nitrogens is 1. The molecule has 0 aliphatic carbocycles. The molecule has 1 amide bonds. The summed E-state index contributed by atoms with van der Waals surface area (Å²) in [5, 5.41) is 3.27. The average Bonchev–Trinajstić information content (AvgIpc) is 2.67. The molecule has 0 radical (unpaired) electrons. The zero-order valence-corrected chi connectivity index (χ0v) is 9.98. The van der Waals surface area contributed by atoms with Crippen molar-refractivity contribution < 1.29 is 9.53 Å². The van der Waals surface area contributed by atoms with Crippen molar-refractivity contribution in [3.05, 3.63) is 23.9 Å². The van der Waals surface area contributed by atoms with Crippen LogP contribution in [0.25, 0.3) is 0 Å². The molecule has 1 aliphatic heterocycles. The molecule has 0 spiro atoms. The summed E-state index contributed by atoms with van der Waals surface area (Å²) in [6.45, 7) is 3.33. The molecule has 0 unspecified atom stereocenters. The topological polar surface area (TPSA) is 54.5 Å². The summed E-state index contributed by atoms with van der Waals surface area (Å²) in [6.07, 6.45) is 0.982. The van der Waals surface area contributed by atoms with Crippen LogP contribution in [0.1, 0.15) is 16.9 Å². The highest BCUT2D eigenvalue weighted by molar-refractivity contribution is 5.92. The van der Waals surface area contributed by atoms with Gasteiger partial charge in [0.1, 0.15) is 5.69 Å². The molecular formula is C12H17N3O2. The largest absolute Gasteiger partial charge is 0.481 e. The Labute approximate surface area is 101 Å². The molecule has 0 aromatic carbocycles. The number of hydrogen-bond acceptors (Lipinski definition) is 4. The first-order valence-corrected chi connectivity index (χ1v) is 5.82. The first-order valence-electron chi connectivity index (χ1n) is 5.82. The number of amides is 1. The minimum Gasteiger partial charge on any atom is -0.481 e. The van der Waals surface area contributed by atoms with Crippen LogP contribution in [-0.2, 0) is 0 Å². The summed E-state index contributed by atoms with van der Waals surface area (Å²) in [5.74, 6) is 0.455. The van der Waals surface area contributed by atoms with Crippen LogP contribution in [0.4, 0.5) is 0 Å². The van der Waals surface area contributed by atoms with E-state index in [-0.39, 0.29) is 5.91 Å². The summed E-state index contributed by atoms with van der Waals surface area (Å²) in [6, 6.07) is 5.25. The van der Waals surface area contributed by atoms with Crippen molar-refractivity contribution in [2.45, 2.75) is 6.42 Å². The normalized spacial score (nSPS) is 16.4. The second-order valence-electron chi connectivity index (χ2n) is 3.96. The number of nitrogens with zero attached hydrogens (tertiary/aromatic N) is 2. The second kappa shape index (κ2) is 5.63. The third-order valence-electron chi connectivity index (χ3n) is 2.78. The van der Waals surface area contributed by atoms with E-state index in [0.717, 1.165) is 32.6 Å². The van der Waals surface area contributed by atoms with Crippen molar-refractivity contribution in [3.63, 3.8) is 0 Å². The Morgan fingerprint density at radius 2 is 2.29 bits per heavy atom. The second-order valence-corrected chi connectivity index (χ2v) is 3.96. The Balaban J connectivity index is 2.11. The molecule has 5 nitrogen and oxygen atoms in total. The average molecular weight is 235 g/mol. The van der Waals surface area contributed by atoms with Gasteiger partial charge in [-0.25, -0.2) is 4.98 Å². The predicted molar refractivity (Wildman–Crippen MR) is 64.2 cm³/mol. The molecular weight excluding hydrogens is 218 g/mol. The van der Waals surface area contributed by atoms with E-state index in [0.29, 0.717) is 11.6 Å². The van der Waals surface area contributed by atoms with E-state index in [2.05, 4.69) is 10.3 Å². The number of pyridine rings is 1. The van der Waals surface area contributed by atoms with Gasteiger partial charge in [0, 0.05) is 25.7 Å². The maximum Gasteiger partial charge on any atom is 0.272 e. The van der Waals surface area contributed by atoms with E-state index in [9.17, 15) is 4.79 Å². The van der Waals surface area contributed by atoms with Gasteiger partial charge >= 0.3 is 0 Å². The molecule has 1 saturated heterocycles. The molecule has 0 bridgehead atoms. The van der Waals surface area contributed by atoms with Gasteiger partial charge in [0.25, 0.3) is 5.91 Å². The van der Waals surface area contributed by atoms with Crippen molar-refractivity contribution in [1.82, 2.24) is 15.2 Å². The van der Waals surface area contributed by atoms with Gasteiger partial charge in [0.15, 0.2) is 0 Å². The molecule has 1 fully saturated rings. The van der Waals surface area contributed by atoms with Crippen LogP contribution >= 0.6 is 0 Å². The molecule has 1 aliphatic rings. The zero-order valence-electron chi connectivity index (χ0n) is 9.98. The van der Waals surface area contributed by atoms with Crippen LogP contribution in [0.3, 0.4) is 0 Å². The van der Waals surface area contributed by atoms with Gasteiger partial charge in [-0.1, -0.05) is 6.07 Å². The van der Waals surface area contributed by atoms with E-state index in [1.165, 1.54) is 0 Å². The molecule has 5 heteroatoms. The number of carbonyl (C=O) groups is 1. The van der Waals surface area contributed by atoms with Gasteiger partial charge < -0.3 is 15.0 Å². The van der Waals surface area contributed by atoms with Crippen LogP contribution in [0.5, 0.6) is 5.88 Å². The minimum atomic E-state index is -0.0207. The molecule has 2 heterocycles. The van der Waals surface area contributed by atoms with Gasteiger partial charge in [-0.3, -0.25) is 4.79 Å². The highest BCUT2D eigenvalue weighted by Gasteiger charge is 2.18. The first kappa shape index (κ1) is 11.9. The number of carbonyl (C=O) groups excluding carboxylic acids is 1. The lowest BCUT2D eigenvalue weighted by molar-refractivity contribution is 0.0759. The molecule has 17 heavy (non-hydrogen) atoms. The Morgan fingerprint density at radius 1 is 1.41 bits per heavy atom. The van der Waals surface area contributed by atoms with Gasteiger partial charge in [-0.15, -0.1) is 0 Å². The maximum atomic E-state index is 12.2. The molecule has 92 valence electrons. The van der Waals surface area contributed by atoms with E-state index in [1.807, 2.05) is 4.90 Å². The summed E-state index contributed by atoms with van der Waals surface area (Å²) in [4.78, 5) is 18.2. The Bertz CT molecular complexity index is 387. The lowest BCUT2D eigenvalue weighted by Crippen LogP contribution is -2.34. The molecule has 2 rings (SSSR count).